The molecule has 0 bridgehead atoms. The molecule has 1 aliphatic carbocycles. The summed E-state index contributed by atoms with van der Waals surface area (Å²) in [4.78, 5) is 0. The molecule has 1 nitrogen and oxygen atoms in total. The lowest BCUT2D eigenvalue weighted by Gasteiger charge is -2.55. The molecule has 0 amide bonds. The Kier molecular flexibility index (Phi) is 2.88. The van der Waals surface area contributed by atoms with Crippen LogP contribution in [-0.2, 0) is 5.60 Å². The van der Waals surface area contributed by atoms with Gasteiger partial charge in [-0.05, 0) is 17.7 Å². The molecule has 1 aromatic carbocycles. The summed E-state index contributed by atoms with van der Waals surface area (Å²) in [6.07, 6.45) is 0. The highest BCUT2D eigenvalue weighted by Gasteiger charge is 2.98. The molecule has 0 aromatic heterocycles. The molecule has 1 saturated carbocycles. The maximum absolute atomic E-state index is 13.2. The summed E-state index contributed by atoms with van der Waals surface area (Å²) in [5.74, 6) is -16.3. The number of hydrogen-bond acceptors (Lipinski definition) is 1. The molecule has 1 aromatic rings. The van der Waals surface area contributed by atoms with Crippen molar-refractivity contribution in [3.05, 3.63) is 33.8 Å². The summed E-state index contributed by atoms with van der Waals surface area (Å²) in [5.41, 5.74) is -5.47. The molecule has 1 aliphatic rings. The summed E-state index contributed by atoms with van der Waals surface area (Å²) < 4.78 is 78.4. The van der Waals surface area contributed by atoms with Gasteiger partial charge >= 0.3 is 17.8 Å². The van der Waals surface area contributed by atoms with Crippen LogP contribution in [0.25, 0.3) is 0 Å². The summed E-state index contributed by atoms with van der Waals surface area (Å²) in [5, 5.41) is 8.82. The van der Waals surface area contributed by atoms with Crippen molar-refractivity contribution in [2.24, 2.45) is 0 Å². The SMILES string of the molecule is OC1(c2ccc(Cl)c(Cl)c2)C(F)(F)C(F)(F)C1(F)F. The van der Waals surface area contributed by atoms with Crippen LogP contribution < -0.4 is 0 Å². The third-order valence-corrected chi connectivity index (χ3v) is 3.77. The largest absolute Gasteiger partial charge is 0.379 e. The van der Waals surface area contributed by atoms with Gasteiger partial charge in [-0.1, -0.05) is 29.3 Å². The molecular weight excluding hydrogens is 321 g/mol. The number of hydrogen-bond donors (Lipinski definition) is 1. The molecule has 0 heterocycles. The highest BCUT2D eigenvalue weighted by Crippen LogP contribution is 2.70. The van der Waals surface area contributed by atoms with Crippen LogP contribution in [0, 0.1) is 0 Å². The second-order valence-corrected chi connectivity index (χ2v) is 4.88. The zero-order valence-corrected chi connectivity index (χ0v) is 10.2. The maximum Gasteiger partial charge on any atom is 0.379 e. The van der Waals surface area contributed by atoms with Crippen LogP contribution in [0.2, 0.25) is 10.0 Å². The Morgan fingerprint density at radius 2 is 1.26 bits per heavy atom. The molecule has 0 aliphatic heterocycles. The van der Waals surface area contributed by atoms with Crippen molar-refractivity contribution in [3.8, 4) is 0 Å². The lowest BCUT2D eigenvalue weighted by Crippen LogP contribution is -2.84. The van der Waals surface area contributed by atoms with Crippen molar-refractivity contribution in [2.75, 3.05) is 0 Å². The lowest BCUT2D eigenvalue weighted by molar-refractivity contribution is -0.497. The molecule has 0 atom stereocenters. The van der Waals surface area contributed by atoms with Gasteiger partial charge in [0.1, 0.15) is 0 Å². The predicted molar refractivity (Wildman–Crippen MR) is 55.2 cm³/mol. The molecule has 19 heavy (non-hydrogen) atoms. The van der Waals surface area contributed by atoms with Gasteiger partial charge in [-0.3, -0.25) is 0 Å². The minimum atomic E-state index is -5.65. The molecule has 9 heteroatoms. The number of halogens is 8. The van der Waals surface area contributed by atoms with E-state index < -0.39 is 34.0 Å². The highest BCUT2D eigenvalue weighted by atomic mass is 35.5. The molecule has 0 spiro atoms. The Labute approximate surface area is 112 Å². The molecule has 2 rings (SSSR count). The van der Waals surface area contributed by atoms with Crippen molar-refractivity contribution in [1.29, 1.82) is 0 Å². The van der Waals surface area contributed by atoms with Gasteiger partial charge in [-0.15, -0.1) is 0 Å². The Morgan fingerprint density at radius 1 is 0.789 bits per heavy atom. The minimum absolute atomic E-state index is 0.160. The Morgan fingerprint density at radius 3 is 1.68 bits per heavy atom. The first-order valence-electron chi connectivity index (χ1n) is 4.72. The third-order valence-electron chi connectivity index (χ3n) is 3.03. The third kappa shape index (κ3) is 1.38. The summed E-state index contributed by atoms with van der Waals surface area (Å²) in [7, 11) is 0. The van der Waals surface area contributed by atoms with Crippen molar-refractivity contribution in [3.63, 3.8) is 0 Å². The van der Waals surface area contributed by atoms with E-state index in [-0.39, 0.29) is 5.02 Å². The minimum Gasteiger partial charge on any atom is -0.374 e. The molecule has 0 radical (unpaired) electrons. The smallest absolute Gasteiger partial charge is 0.374 e. The van der Waals surface area contributed by atoms with E-state index in [4.69, 9.17) is 23.2 Å². The highest BCUT2D eigenvalue weighted by molar-refractivity contribution is 6.42. The quantitative estimate of drug-likeness (QED) is 0.771. The van der Waals surface area contributed by atoms with Gasteiger partial charge in [0.05, 0.1) is 10.0 Å². The van der Waals surface area contributed by atoms with Crippen LogP contribution in [0.3, 0.4) is 0 Å². The van der Waals surface area contributed by atoms with Gasteiger partial charge in [0.2, 0.25) is 5.60 Å². The van der Waals surface area contributed by atoms with Crippen LogP contribution in [0.1, 0.15) is 5.56 Å². The van der Waals surface area contributed by atoms with Gasteiger partial charge in [0.25, 0.3) is 0 Å². The van der Waals surface area contributed by atoms with Gasteiger partial charge in [-0.2, -0.15) is 26.3 Å². The van der Waals surface area contributed by atoms with E-state index >= 15 is 0 Å². The zero-order valence-electron chi connectivity index (χ0n) is 8.70. The number of aliphatic hydroxyl groups is 1. The summed E-state index contributed by atoms with van der Waals surface area (Å²) in [6.45, 7) is 0. The molecular formula is C10H4Cl2F6O. The molecule has 106 valence electrons. The average molecular weight is 325 g/mol. The maximum atomic E-state index is 13.2. The Balaban J connectivity index is 2.63. The zero-order chi connectivity index (χ0) is 14.9. The first-order valence-corrected chi connectivity index (χ1v) is 5.48. The number of rotatable bonds is 1. The predicted octanol–water partition coefficient (Wildman–Crippen LogP) is 4.10. The van der Waals surface area contributed by atoms with E-state index in [1.165, 1.54) is 0 Å². The fraction of sp³-hybridized carbons (Fsp3) is 0.400. The normalized spacial score (nSPS) is 25.7. The molecule has 0 saturated heterocycles. The van der Waals surface area contributed by atoms with Crippen molar-refractivity contribution in [2.45, 2.75) is 23.4 Å². The van der Waals surface area contributed by atoms with Crippen molar-refractivity contribution >= 4 is 23.2 Å². The van der Waals surface area contributed by atoms with Crippen LogP contribution >= 0.6 is 23.2 Å². The van der Waals surface area contributed by atoms with Crippen LogP contribution in [0.15, 0.2) is 18.2 Å². The summed E-state index contributed by atoms with van der Waals surface area (Å²) >= 11 is 10.9. The molecule has 1 N–H and O–H groups in total. The second kappa shape index (κ2) is 3.71. The van der Waals surface area contributed by atoms with Gasteiger partial charge < -0.3 is 5.11 Å². The fourth-order valence-electron chi connectivity index (χ4n) is 1.87. The standard InChI is InChI=1S/C10H4Cl2F6O/c11-5-2-1-4(3-6(5)12)7(19)8(13,14)10(17,18)9(7,15)16/h1-3,19H. The first kappa shape index (κ1) is 14.7. The Hall–Kier alpha value is -0.660. The van der Waals surface area contributed by atoms with E-state index in [1.807, 2.05) is 0 Å². The van der Waals surface area contributed by atoms with Gasteiger partial charge in [0.15, 0.2) is 0 Å². The molecule has 1 fully saturated rings. The monoisotopic (exact) mass is 324 g/mol. The van der Waals surface area contributed by atoms with Gasteiger partial charge in [-0.25, -0.2) is 0 Å². The summed E-state index contributed by atoms with van der Waals surface area (Å²) in [6, 6.07) is 1.94. The van der Waals surface area contributed by atoms with Gasteiger partial charge in [0, 0.05) is 0 Å². The second-order valence-electron chi connectivity index (χ2n) is 4.06. The van der Waals surface area contributed by atoms with E-state index in [1.54, 1.807) is 0 Å². The number of alkyl halides is 6. The van der Waals surface area contributed by atoms with E-state index in [0.29, 0.717) is 12.1 Å². The fourth-order valence-corrected chi connectivity index (χ4v) is 2.17. The van der Waals surface area contributed by atoms with Crippen LogP contribution in [0.5, 0.6) is 0 Å². The van der Waals surface area contributed by atoms with Crippen molar-refractivity contribution < 1.29 is 31.4 Å². The first-order chi connectivity index (χ1) is 8.41. The van der Waals surface area contributed by atoms with E-state index in [2.05, 4.69) is 0 Å². The Bertz CT molecular complexity index is 527. The number of benzene rings is 1. The van der Waals surface area contributed by atoms with Crippen molar-refractivity contribution in [1.82, 2.24) is 0 Å². The van der Waals surface area contributed by atoms with Crippen LogP contribution in [-0.4, -0.2) is 22.9 Å². The van der Waals surface area contributed by atoms with E-state index in [0.717, 1.165) is 6.07 Å². The van der Waals surface area contributed by atoms with Crippen LogP contribution in [0.4, 0.5) is 26.3 Å². The topological polar surface area (TPSA) is 20.2 Å². The van der Waals surface area contributed by atoms with E-state index in [9.17, 15) is 31.4 Å². The average Bonchev–Trinajstić information content (AvgIpc) is 2.30. The lowest BCUT2D eigenvalue weighted by atomic mass is 9.64. The molecule has 0 unspecified atom stereocenters.